The number of aliphatic hydroxyl groups excluding tert-OH is 1. The first kappa shape index (κ1) is 15.6. The van der Waals surface area contributed by atoms with Gasteiger partial charge in [0.05, 0.1) is 6.10 Å². The van der Waals surface area contributed by atoms with Gasteiger partial charge in [0.1, 0.15) is 0 Å². The lowest BCUT2D eigenvalue weighted by atomic mass is 10.0. The summed E-state index contributed by atoms with van der Waals surface area (Å²) < 4.78 is 0. The minimum Gasteiger partial charge on any atom is -0.388 e. The van der Waals surface area contributed by atoms with Crippen molar-refractivity contribution >= 4 is 5.69 Å². The van der Waals surface area contributed by atoms with Gasteiger partial charge in [-0.3, -0.25) is 0 Å². The molecule has 0 aliphatic heterocycles. The molecule has 0 saturated carbocycles. The minimum atomic E-state index is -0.395. The fourth-order valence-corrected chi connectivity index (χ4v) is 2.53. The summed E-state index contributed by atoms with van der Waals surface area (Å²) in [4.78, 5) is 2.30. The monoisotopic (exact) mass is 283 g/mol. The molecule has 0 fully saturated rings. The quantitative estimate of drug-likeness (QED) is 0.823. The highest BCUT2D eigenvalue weighted by Crippen LogP contribution is 2.20. The van der Waals surface area contributed by atoms with E-state index in [0.717, 1.165) is 31.5 Å². The van der Waals surface area contributed by atoms with Crippen molar-refractivity contribution in [2.45, 2.75) is 32.8 Å². The molecule has 0 heterocycles. The molecule has 1 unspecified atom stereocenters. The number of para-hydroxylation sites is 1. The van der Waals surface area contributed by atoms with Crippen LogP contribution in [0.25, 0.3) is 0 Å². The molecular weight excluding hydrogens is 258 g/mol. The van der Waals surface area contributed by atoms with Crippen molar-refractivity contribution in [1.82, 2.24) is 0 Å². The molecule has 0 radical (unpaired) electrons. The summed E-state index contributed by atoms with van der Waals surface area (Å²) in [7, 11) is 0. The van der Waals surface area contributed by atoms with Crippen molar-refractivity contribution in [3.63, 3.8) is 0 Å². The van der Waals surface area contributed by atoms with Gasteiger partial charge in [0.2, 0.25) is 0 Å². The summed E-state index contributed by atoms with van der Waals surface area (Å²) in [6.45, 7) is 6.10. The molecule has 2 heteroatoms. The molecule has 1 N–H and O–H groups in total. The number of benzene rings is 2. The first-order chi connectivity index (χ1) is 10.2. The van der Waals surface area contributed by atoms with Crippen LogP contribution in [-0.4, -0.2) is 18.2 Å². The Labute approximate surface area is 128 Å². The number of aryl methyl sites for hydroxylation is 1. The van der Waals surface area contributed by atoms with E-state index in [2.05, 4.69) is 55.1 Å². The number of hydrogen-bond donors (Lipinski definition) is 1. The van der Waals surface area contributed by atoms with Gasteiger partial charge in [0.25, 0.3) is 0 Å². The maximum Gasteiger partial charge on any atom is 0.0806 e. The van der Waals surface area contributed by atoms with Crippen molar-refractivity contribution in [2.75, 3.05) is 18.0 Å². The Hall–Kier alpha value is -1.80. The van der Waals surface area contributed by atoms with Crippen LogP contribution in [0, 0.1) is 0 Å². The molecule has 0 aromatic heterocycles. The predicted molar refractivity (Wildman–Crippen MR) is 89.7 cm³/mol. The van der Waals surface area contributed by atoms with Crippen LogP contribution < -0.4 is 4.90 Å². The third-order valence-corrected chi connectivity index (χ3v) is 3.95. The zero-order valence-electron chi connectivity index (χ0n) is 13.0. The van der Waals surface area contributed by atoms with Gasteiger partial charge in [-0.2, -0.15) is 0 Å². The summed E-state index contributed by atoms with van der Waals surface area (Å²) in [5.41, 5.74) is 3.54. The third kappa shape index (κ3) is 4.33. The van der Waals surface area contributed by atoms with Gasteiger partial charge in [0, 0.05) is 18.8 Å². The predicted octanol–water partition coefficient (Wildman–Crippen LogP) is 4.20. The zero-order chi connectivity index (χ0) is 15.1. The van der Waals surface area contributed by atoms with Crippen molar-refractivity contribution in [3.8, 4) is 0 Å². The Kier molecular flexibility index (Phi) is 5.82. The zero-order valence-corrected chi connectivity index (χ0v) is 13.0. The van der Waals surface area contributed by atoms with Crippen LogP contribution in [-0.2, 0) is 6.42 Å². The molecule has 0 spiro atoms. The topological polar surface area (TPSA) is 23.5 Å². The van der Waals surface area contributed by atoms with Crippen LogP contribution in [0.1, 0.15) is 37.5 Å². The third-order valence-electron chi connectivity index (χ3n) is 3.95. The highest BCUT2D eigenvalue weighted by Gasteiger charge is 2.10. The number of rotatable bonds is 7. The molecule has 2 rings (SSSR count). The Morgan fingerprint density at radius 3 is 2.19 bits per heavy atom. The first-order valence-electron chi connectivity index (χ1n) is 7.81. The van der Waals surface area contributed by atoms with Crippen molar-refractivity contribution < 1.29 is 5.11 Å². The largest absolute Gasteiger partial charge is 0.388 e. The molecule has 2 aromatic carbocycles. The molecule has 2 aromatic rings. The second kappa shape index (κ2) is 7.84. The Bertz CT molecular complexity index is 521. The van der Waals surface area contributed by atoms with E-state index >= 15 is 0 Å². The number of hydrogen-bond acceptors (Lipinski definition) is 2. The van der Waals surface area contributed by atoms with E-state index in [1.165, 1.54) is 11.3 Å². The van der Waals surface area contributed by atoms with E-state index in [0.29, 0.717) is 0 Å². The molecule has 0 bridgehead atoms. The summed E-state index contributed by atoms with van der Waals surface area (Å²) >= 11 is 0. The van der Waals surface area contributed by atoms with Crippen molar-refractivity contribution in [2.24, 2.45) is 0 Å². The van der Waals surface area contributed by atoms with Gasteiger partial charge in [-0.05, 0) is 43.0 Å². The van der Waals surface area contributed by atoms with Gasteiger partial charge in [-0.1, -0.05) is 49.4 Å². The summed E-state index contributed by atoms with van der Waals surface area (Å²) in [6, 6.07) is 18.7. The summed E-state index contributed by atoms with van der Waals surface area (Å²) in [6.07, 6.45) is 1.39. The molecular formula is C19H25NO. The Balaban J connectivity index is 1.94. The highest BCUT2D eigenvalue weighted by atomic mass is 16.3. The number of aliphatic hydroxyl groups is 1. The molecule has 112 valence electrons. The SMILES string of the molecule is CCc1ccc(C(O)CCN(CC)c2ccccc2)cc1. The lowest BCUT2D eigenvalue weighted by molar-refractivity contribution is 0.169. The molecule has 0 amide bonds. The first-order valence-corrected chi connectivity index (χ1v) is 7.81. The smallest absolute Gasteiger partial charge is 0.0806 e. The average Bonchev–Trinajstić information content (AvgIpc) is 2.56. The summed E-state index contributed by atoms with van der Waals surface area (Å²) in [5.74, 6) is 0. The van der Waals surface area contributed by atoms with E-state index in [1.54, 1.807) is 0 Å². The van der Waals surface area contributed by atoms with Gasteiger partial charge in [0.15, 0.2) is 0 Å². The lowest BCUT2D eigenvalue weighted by Gasteiger charge is -2.24. The van der Waals surface area contributed by atoms with E-state index in [4.69, 9.17) is 0 Å². The Morgan fingerprint density at radius 1 is 0.952 bits per heavy atom. The molecule has 0 aliphatic carbocycles. The fraction of sp³-hybridized carbons (Fsp3) is 0.368. The number of anilines is 1. The van der Waals surface area contributed by atoms with Crippen LogP contribution >= 0.6 is 0 Å². The average molecular weight is 283 g/mol. The van der Waals surface area contributed by atoms with Gasteiger partial charge >= 0.3 is 0 Å². The molecule has 1 atom stereocenters. The van der Waals surface area contributed by atoms with Crippen molar-refractivity contribution in [3.05, 3.63) is 65.7 Å². The maximum absolute atomic E-state index is 10.3. The van der Waals surface area contributed by atoms with Crippen LogP contribution in [0.2, 0.25) is 0 Å². The van der Waals surface area contributed by atoms with Crippen LogP contribution in [0.5, 0.6) is 0 Å². The van der Waals surface area contributed by atoms with Gasteiger partial charge in [-0.15, -0.1) is 0 Å². The van der Waals surface area contributed by atoms with E-state index in [9.17, 15) is 5.11 Å². The standard InChI is InChI=1S/C19H25NO/c1-3-16-10-12-17(13-11-16)19(21)14-15-20(4-2)18-8-6-5-7-9-18/h5-13,19,21H,3-4,14-15H2,1-2H3. The van der Waals surface area contributed by atoms with Gasteiger partial charge < -0.3 is 10.0 Å². The molecule has 21 heavy (non-hydrogen) atoms. The highest BCUT2D eigenvalue weighted by molar-refractivity contribution is 5.45. The van der Waals surface area contributed by atoms with Gasteiger partial charge in [-0.25, -0.2) is 0 Å². The van der Waals surface area contributed by atoms with E-state index < -0.39 is 6.10 Å². The van der Waals surface area contributed by atoms with Crippen LogP contribution in [0.3, 0.4) is 0 Å². The second-order valence-electron chi connectivity index (χ2n) is 5.31. The molecule has 0 aliphatic rings. The second-order valence-corrected chi connectivity index (χ2v) is 5.31. The van der Waals surface area contributed by atoms with Crippen LogP contribution in [0.4, 0.5) is 5.69 Å². The number of nitrogens with zero attached hydrogens (tertiary/aromatic N) is 1. The van der Waals surface area contributed by atoms with E-state index in [-0.39, 0.29) is 0 Å². The summed E-state index contributed by atoms with van der Waals surface area (Å²) in [5, 5.41) is 10.3. The van der Waals surface area contributed by atoms with Crippen molar-refractivity contribution in [1.29, 1.82) is 0 Å². The molecule has 0 saturated heterocycles. The minimum absolute atomic E-state index is 0.395. The normalized spacial score (nSPS) is 12.1. The molecule has 2 nitrogen and oxygen atoms in total. The van der Waals surface area contributed by atoms with Crippen LogP contribution in [0.15, 0.2) is 54.6 Å². The lowest BCUT2D eigenvalue weighted by Crippen LogP contribution is -2.25. The fourth-order valence-electron chi connectivity index (χ4n) is 2.53. The Morgan fingerprint density at radius 2 is 1.62 bits per heavy atom. The maximum atomic E-state index is 10.3. The van der Waals surface area contributed by atoms with E-state index in [1.807, 2.05) is 18.2 Å².